The number of aromatic nitrogens is 2. The highest BCUT2D eigenvalue weighted by molar-refractivity contribution is 6.58. The first-order chi connectivity index (χ1) is 8.25. The fourth-order valence-corrected chi connectivity index (χ4v) is 1.26. The van der Waals surface area contributed by atoms with Crippen LogP contribution in [0.2, 0.25) is 0 Å². The van der Waals surface area contributed by atoms with Gasteiger partial charge in [-0.05, 0) is 5.56 Å². The Labute approximate surface area is 98.9 Å². The molecule has 0 aliphatic carbocycles. The first-order valence-electron chi connectivity index (χ1n) is 5.10. The molecular formula is C11H11BN2O3. The van der Waals surface area contributed by atoms with Gasteiger partial charge in [0.2, 0.25) is 0 Å². The second-order valence-electron chi connectivity index (χ2n) is 3.45. The van der Waals surface area contributed by atoms with Gasteiger partial charge in [-0.2, -0.15) is 0 Å². The van der Waals surface area contributed by atoms with Gasteiger partial charge in [-0.25, -0.2) is 9.97 Å². The molecule has 0 saturated carbocycles. The summed E-state index contributed by atoms with van der Waals surface area (Å²) in [6.07, 6.45) is 2.63. The quantitative estimate of drug-likeness (QED) is 0.707. The maximum Gasteiger partial charge on any atom is 0.491 e. The molecule has 0 radical (unpaired) electrons. The van der Waals surface area contributed by atoms with Gasteiger partial charge < -0.3 is 14.8 Å². The molecule has 0 fully saturated rings. The van der Waals surface area contributed by atoms with Gasteiger partial charge >= 0.3 is 13.1 Å². The average Bonchev–Trinajstić information content (AvgIpc) is 2.38. The highest BCUT2D eigenvalue weighted by Gasteiger charge is 2.11. The van der Waals surface area contributed by atoms with Crippen LogP contribution >= 0.6 is 0 Å². The molecule has 2 aromatic rings. The van der Waals surface area contributed by atoms with Gasteiger partial charge in [-0.1, -0.05) is 30.3 Å². The summed E-state index contributed by atoms with van der Waals surface area (Å²) in [6.45, 7) is 0.377. The molecule has 0 unspecified atom stereocenters. The van der Waals surface area contributed by atoms with Crippen molar-refractivity contribution in [3.05, 3.63) is 48.3 Å². The topological polar surface area (TPSA) is 75.5 Å². The zero-order chi connectivity index (χ0) is 12.1. The van der Waals surface area contributed by atoms with Crippen molar-refractivity contribution >= 4 is 12.6 Å². The van der Waals surface area contributed by atoms with Crippen LogP contribution < -0.4 is 10.2 Å². The van der Waals surface area contributed by atoms with Crippen molar-refractivity contribution < 1.29 is 14.8 Å². The minimum absolute atomic E-state index is 0.207. The number of rotatable bonds is 4. The Morgan fingerprint density at radius 2 is 1.71 bits per heavy atom. The van der Waals surface area contributed by atoms with Crippen LogP contribution in [0.3, 0.4) is 0 Å². The second-order valence-corrected chi connectivity index (χ2v) is 3.45. The van der Waals surface area contributed by atoms with E-state index in [9.17, 15) is 0 Å². The molecule has 0 spiro atoms. The van der Waals surface area contributed by atoms with Gasteiger partial charge in [-0.15, -0.1) is 0 Å². The smallest absolute Gasteiger partial charge is 0.459 e. The van der Waals surface area contributed by atoms with Crippen LogP contribution in [0.25, 0.3) is 0 Å². The van der Waals surface area contributed by atoms with E-state index in [2.05, 4.69) is 9.97 Å². The zero-order valence-electron chi connectivity index (χ0n) is 9.02. The van der Waals surface area contributed by atoms with E-state index in [1.54, 1.807) is 0 Å². The van der Waals surface area contributed by atoms with Crippen LogP contribution in [0.4, 0.5) is 0 Å². The molecule has 2 rings (SSSR count). The van der Waals surface area contributed by atoms with Crippen LogP contribution in [-0.2, 0) is 6.61 Å². The molecule has 17 heavy (non-hydrogen) atoms. The van der Waals surface area contributed by atoms with Gasteiger partial charge in [0, 0.05) is 17.9 Å². The lowest BCUT2D eigenvalue weighted by atomic mass is 9.83. The zero-order valence-corrected chi connectivity index (χ0v) is 9.02. The fraction of sp³-hybridized carbons (Fsp3) is 0.0909. The summed E-state index contributed by atoms with van der Waals surface area (Å²) in [6, 6.07) is 9.85. The Bertz CT molecular complexity index is 462. The highest BCUT2D eigenvalue weighted by Crippen LogP contribution is 2.04. The number of benzene rings is 1. The van der Waals surface area contributed by atoms with Crippen LogP contribution in [0.15, 0.2) is 42.7 Å². The van der Waals surface area contributed by atoms with E-state index < -0.39 is 7.12 Å². The number of ether oxygens (including phenoxy) is 1. The third kappa shape index (κ3) is 3.27. The van der Waals surface area contributed by atoms with Gasteiger partial charge in [0.15, 0.2) is 0 Å². The predicted molar refractivity (Wildman–Crippen MR) is 62.6 cm³/mol. The number of hydrogen-bond acceptors (Lipinski definition) is 5. The molecule has 0 amide bonds. The van der Waals surface area contributed by atoms with Crippen molar-refractivity contribution in [3.8, 4) is 6.01 Å². The second kappa shape index (κ2) is 5.42. The van der Waals surface area contributed by atoms with Gasteiger partial charge in [0.1, 0.15) is 6.61 Å². The van der Waals surface area contributed by atoms with Crippen LogP contribution in [0.1, 0.15) is 5.56 Å². The Morgan fingerprint density at radius 1 is 1.06 bits per heavy atom. The fourth-order valence-electron chi connectivity index (χ4n) is 1.26. The average molecular weight is 230 g/mol. The summed E-state index contributed by atoms with van der Waals surface area (Å²) in [5.41, 5.74) is 1.25. The minimum atomic E-state index is -1.56. The lowest BCUT2D eigenvalue weighted by Crippen LogP contribution is -2.30. The summed E-state index contributed by atoms with van der Waals surface area (Å²) >= 11 is 0. The third-order valence-corrected chi connectivity index (χ3v) is 2.16. The molecule has 0 saturated heterocycles. The van der Waals surface area contributed by atoms with Gasteiger partial charge in [0.05, 0.1) is 0 Å². The van der Waals surface area contributed by atoms with E-state index in [0.29, 0.717) is 6.61 Å². The Kier molecular flexibility index (Phi) is 3.69. The SMILES string of the molecule is OB(O)c1cnc(OCc2ccccc2)nc1. The van der Waals surface area contributed by atoms with Gasteiger partial charge in [0.25, 0.3) is 0 Å². The van der Waals surface area contributed by atoms with Crippen molar-refractivity contribution in [1.82, 2.24) is 9.97 Å². The first kappa shape index (κ1) is 11.6. The lowest BCUT2D eigenvalue weighted by Gasteiger charge is -2.04. The molecule has 0 aliphatic heterocycles. The van der Waals surface area contributed by atoms with E-state index >= 15 is 0 Å². The molecule has 2 N–H and O–H groups in total. The van der Waals surface area contributed by atoms with Crippen molar-refractivity contribution in [1.29, 1.82) is 0 Å². The molecule has 0 aliphatic rings. The summed E-state index contributed by atoms with van der Waals surface area (Å²) in [5.74, 6) is 0. The molecule has 1 aromatic carbocycles. The van der Waals surface area contributed by atoms with Crippen molar-refractivity contribution in [2.75, 3.05) is 0 Å². The Hall–Kier alpha value is -1.92. The third-order valence-electron chi connectivity index (χ3n) is 2.16. The van der Waals surface area contributed by atoms with Crippen LogP contribution in [-0.4, -0.2) is 27.1 Å². The summed E-state index contributed by atoms with van der Waals surface area (Å²) < 4.78 is 5.34. The van der Waals surface area contributed by atoms with Crippen molar-refractivity contribution in [3.63, 3.8) is 0 Å². The standard InChI is InChI=1S/C11H11BN2O3/c15-12(16)10-6-13-11(14-7-10)17-8-9-4-2-1-3-5-9/h1-7,15-16H,8H2. The number of nitrogens with zero attached hydrogens (tertiary/aromatic N) is 2. The monoisotopic (exact) mass is 230 g/mol. The normalized spacial score (nSPS) is 10.0. The van der Waals surface area contributed by atoms with E-state index in [-0.39, 0.29) is 11.5 Å². The molecule has 5 nitrogen and oxygen atoms in total. The van der Waals surface area contributed by atoms with Gasteiger partial charge in [-0.3, -0.25) is 0 Å². The Morgan fingerprint density at radius 3 is 2.29 bits per heavy atom. The van der Waals surface area contributed by atoms with Crippen molar-refractivity contribution in [2.24, 2.45) is 0 Å². The molecule has 1 aromatic heterocycles. The lowest BCUT2D eigenvalue weighted by molar-refractivity contribution is 0.280. The summed E-state index contributed by atoms with van der Waals surface area (Å²) in [7, 11) is -1.56. The maximum absolute atomic E-state index is 8.86. The Balaban J connectivity index is 1.96. The predicted octanol–water partition coefficient (Wildman–Crippen LogP) is -0.265. The maximum atomic E-state index is 8.86. The van der Waals surface area contributed by atoms with E-state index in [1.165, 1.54) is 12.4 Å². The first-order valence-corrected chi connectivity index (χ1v) is 5.10. The molecule has 86 valence electrons. The largest absolute Gasteiger partial charge is 0.491 e. The van der Waals surface area contributed by atoms with E-state index in [0.717, 1.165) is 5.56 Å². The highest BCUT2D eigenvalue weighted by atomic mass is 16.5. The molecule has 0 atom stereocenters. The molecule has 6 heteroatoms. The van der Waals surface area contributed by atoms with Crippen LogP contribution in [0, 0.1) is 0 Å². The van der Waals surface area contributed by atoms with Crippen LogP contribution in [0.5, 0.6) is 6.01 Å². The summed E-state index contributed by atoms with van der Waals surface area (Å²) in [4.78, 5) is 7.72. The minimum Gasteiger partial charge on any atom is -0.459 e. The number of hydrogen-bond donors (Lipinski definition) is 2. The molecule has 0 bridgehead atoms. The van der Waals surface area contributed by atoms with E-state index in [1.807, 2.05) is 30.3 Å². The molecule has 1 heterocycles. The van der Waals surface area contributed by atoms with E-state index in [4.69, 9.17) is 14.8 Å². The summed E-state index contributed by atoms with van der Waals surface area (Å²) in [5, 5.41) is 17.7. The van der Waals surface area contributed by atoms with Crippen molar-refractivity contribution in [2.45, 2.75) is 6.61 Å². The molecular weight excluding hydrogens is 219 g/mol.